The van der Waals surface area contributed by atoms with Crippen molar-refractivity contribution in [3.05, 3.63) is 70.2 Å². The Labute approximate surface area is 152 Å². The summed E-state index contributed by atoms with van der Waals surface area (Å²) in [6, 6.07) is 15.3. The second-order valence-electron chi connectivity index (χ2n) is 6.40. The molecule has 1 saturated carbocycles. The monoisotopic (exact) mass is 356 g/mol. The minimum Gasteiger partial charge on any atom is -0.352 e. The van der Waals surface area contributed by atoms with E-state index in [9.17, 15) is 9.59 Å². The van der Waals surface area contributed by atoms with Crippen molar-refractivity contribution in [3.8, 4) is 0 Å². The fourth-order valence-corrected chi connectivity index (χ4v) is 3.05. The Morgan fingerprint density at radius 2 is 1.44 bits per heavy atom. The van der Waals surface area contributed by atoms with Gasteiger partial charge in [0.1, 0.15) is 0 Å². The lowest BCUT2D eigenvalue weighted by atomic mass is 10.1. The van der Waals surface area contributed by atoms with Crippen LogP contribution < -0.4 is 10.6 Å². The molecule has 1 aliphatic rings. The smallest absolute Gasteiger partial charge is 0.224 e. The minimum atomic E-state index is -0.237. The van der Waals surface area contributed by atoms with E-state index < -0.39 is 0 Å². The zero-order valence-electron chi connectivity index (χ0n) is 14.1. The average Bonchev–Trinajstić information content (AvgIpc) is 3.41. The number of hydrogen-bond donors (Lipinski definition) is 2. The Morgan fingerprint density at radius 1 is 0.920 bits per heavy atom. The molecule has 2 aromatic carbocycles. The van der Waals surface area contributed by atoms with Gasteiger partial charge in [0, 0.05) is 18.1 Å². The molecule has 0 bridgehead atoms. The SMILES string of the molecule is Cc1ccccc1CNC(=O)C1CC1C(=O)NCc1ccccc1Cl. The third-order valence-electron chi connectivity index (χ3n) is 4.59. The number of nitrogens with one attached hydrogen (secondary N) is 2. The number of carbonyl (C=O) groups is 2. The van der Waals surface area contributed by atoms with Crippen molar-refractivity contribution in [2.24, 2.45) is 11.8 Å². The zero-order chi connectivity index (χ0) is 17.8. The molecule has 0 spiro atoms. The van der Waals surface area contributed by atoms with Crippen LogP contribution in [0.25, 0.3) is 0 Å². The van der Waals surface area contributed by atoms with Gasteiger partial charge in [-0.05, 0) is 36.1 Å². The van der Waals surface area contributed by atoms with Gasteiger partial charge in [-0.1, -0.05) is 54.1 Å². The van der Waals surface area contributed by atoms with Crippen LogP contribution in [0, 0.1) is 18.8 Å². The second-order valence-corrected chi connectivity index (χ2v) is 6.81. The van der Waals surface area contributed by atoms with Crippen LogP contribution >= 0.6 is 11.6 Å². The Morgan fingerprint density at radius 3 is 2.04 bits per heavy atom. The van der Waals surface area contributed by atoms with Crippen molar-refractivity contribution in [3.63, 3.8) is 0 Å². The van der Waals surface area contributed by atoms with Crippen LogP contribution in [0.15, 0.2) is 48.5 Å². The van der Waals surface area contributed by atoms with E-state index in [0.717, 1.165) is 16.7 Å². The predicted molar refractivity (Wildman–Crippen MR) is 97.9 cm³/mol. The van der Waals surface area contributed by atoms with E-state index in [-0.39, 0.29) is 23.7 Å². The first-order valence-corrected chi connectivity index (χ1v) is 8.77. The van der Waals surface area contributed by atoms with Gasteiger partial charge in [0.25, 0.3) is 0 Å². The number of amides is 2. The van der Waals surface area contributed by atoms with E-state index in [2.05, 4.69) is 10.6 Å². The Bertz CT molecular complexity index is 725. The van der Waals surface area contributed by atoms with Crippen LogP contribution in [-0.4, -0.2) is 11.8 Å². The number of benzene rings is 2. The predicted octanol–water partition coefficient (Wildman–Crippen LogP) is 3.22. The molecule has 2 N–H and O–H groups in total. The summed E-state index contributed by atoms with van der Waals surface area (Å²) in [6.45, 7) is 2.89. The van der Waals surface area contributed by atoms with E-state index in [0.29, 0.717) is 24.5 Å². The summed E-state index contributed by atoms with van der Waals surface area (Å²) in [7, 11) is 0. The number of halogens is 1. The summed E-state index contributed by atoms with van der Waals surface area (Å²) in [4.78, 5) is 24.4. The van der Waals surface area contributed by atoms with Gasteiger partial charge in [0.05, 0.1) is 11.8 Å². The maximum atomic E-state index is 12.2. The van der Waals surface area contributed by atoms with Crippen LogP contribution in [0.3, 0.4) is 0 Å². The third kappa shape index (κ3) is 4.40. The number of hydrogen-bond acceptors (Lipinski definition) is 2. The van der Waals surface area contributed by atoms with E-state index in [1.807, 2.05) is 49.4 Å². The highest BCUT2D eigenvalue weighted by Crippen LogP contribution is 2.39. The van der Waals surface area contributed by atoms with E-state index in [1.165, 1.54) is 0 Å². The van der Waals surface area contributed by atoms with E-state index in [4.69, 9.17) is 11.6 Å². The summed E-state index contributed by atoms with van der Waals surface area (Å²) in [5.41, 5.74) is 3.11. The van der Waals surface area contributed by atoms with Gasteiger partial charge >= 0.3 is 0 Å². The van der Waals surface area contributed by atoms with Gasteiger partial charge in [-0.2, -0.15) is 0 Å². The summed E-state index contributed by atoms with van der Waals surface area (Å²) in [6.07, 6.45) is 0.605. The number of aryl methyl sites for hydroxylation is 1. The standard InChI is InChI=1S/C20H21ClN2O2/c1-13-6-2-3-7-14(13)11-22-19(24)16-10-17(16)20(25)23-12-15-8-4-5-9-18(15)21/h2-9,16-17H,10-12H2,1H3,(H,22,24)(H,23,25). The molecule has 2 unspecified atom stereocenters. The first-order valence-electron chi connectivity index (χ1n) is 8.39. The molecule has 1 aliphatic carbocycles. The number of carbonyl (C=O) groups excluding carboxylic acids is 2. The normalized spacial score (nSPS) is 18.5. The van der Waals surface area contributed by atoms with Crippen LogP contribution in [0.1, 0.15) is 23.1 Å². The lowest BCUT2D eigenvalue weighted by molar-refractivity contribution is -0.127. The summed E-state index contributed by atoms with van der Waals surface area (Å²) in [5, 5.41) is 6.43. The Kier molecular flexibility index (Phi) is 5.39. The highest BCUT2D eigenvalue weighted by atomic mass is 35.5. The van der Waals surface area contributed by atoms with Gasteiger partial charge in [0.2, 0.25) is 11.8 Å². The van der Waals surface area contributed by atoms with Gasteiger partial charge < -0.3 is 10.6 Å². The van der Waals surface area contributed by atoms with Gasteiger partial charge in [-0.3, -0.25) is 9.59 Å². The molecule has 2 aromatic rings. The van der Waals surface area contributed by atoms with Crippen LogP contribution in [0.2, 0.25) is 5.02 Å². The Hall–Kier alpha value is -2.33. The maximum absolute atomic E-state index is 12.2. The summed E-state index contributed by atoms with van der Waals surface area (Å²) in [5.74, 6) is -0.605. The quantitative estimate of drug-likeness (QED) is 0.835. The van der Waals surface area contributed by atoms with Crippen LogP contribution in [0.4, 0.5) is 0 Å². The molecule has 1 fully saturated rings. The molecule has 3 rings (SSSR count). The topological polar surface area (TPSA) is 58.2 Å². The third-order valence-corrected chi connectivity index (χ3v) is 4.96. The molecule has 0 aliphatic heterocycles. The number of rotatable bonds is 6. The van der Waals surface area contributed by atoms with Crippen molar-refractivity contribution in [1.82, 2.24) is 10.6 Å². The molecule has 2 atom stereocenters. The first kappa shape index (κ1) is 17.5. The summed E-state index contributed by atoms with van der Waals surface area (Å²) < 4.78 is 0. The molecule has 0 radical (unpaired) electrons. The second kappa shape index (κ2) is 7.70. The van der Waals surface area contributed by atoms with Gasteiger partial charge in [-0.15, -0.1) is 0 Å². The molecule has 2 amide bonds. The molecule has 4 nitrogen and oxygen atoms in total. The lowest BCUT2D eigenvalue weighted by Gasteiger charge is -2.08. The molecular weight excluding hydrogens is 336 g/mol. The van der Waals surface area contributed by atoms with E-state index in [1.54, 1.807) is 6.07 Å². The van der Waals surface area contributed by atoms with Crippen LogP contribution in [-0.2, 0) is 22.7 Å². The van der Waals surface area contributed by atoms with Gasteiger partial charge in [-0.25, -0.2) is 0 Å². The molecule has 130 valence electrons. The lowest BCUT2D eigenvalue weighted by Crippen LogP contribution is -2.30. The molecule has 0 aromatic heterocycles. The van der Waals surface area contributed by atoms with Crippen molar-refractivity contribution in [2.45, 2.75) is 26.4 Å². The average molecular weight is 357 g/mol. The van der Waals surface area contributed by atoms with Crippen molar-refractivity contribution >= 4 is 23.4 Å². The minimum absolute atomic E-state index is 0.0545. The van der Waals surface area contributed by atoms with Crippen LogP contribution in [0.5, 0.6) is 0 Å². The maximum Gasteiger partial charge on any atom is 0.224 e. The molecular formula is C20H21ClN2O2. The van der Waals surface area contributed by atoms with Crippen molar-refractivity contribution in [2.75, 3.05) is 0 Å². The zero-order valence-corrected chi connectivity index (χ0v) is 14.8. The van der Waals surface area contributed by atoms with Crippen molar-refractivity contribution in [1.29, 1.82) is 0 Å². The molecule has 0 saturated heterocycles. The largest absolute Gasteiger partial charge is 0.352 e. The molecule has 0 heterocycles. The summed E-state index contributed by atoms with van der Waals surface area (Å²) >= 11 is 6.08. The van der Waals surface area contributed by atoms with E-state index >= 15 is 0 Å². The molecule has 5 heteroatoms. The van der Waals surface area contributed by atoms with Gasteiger partial charge in [0.15, 0.2) is 0 Å². The highest BCUT2D eigenvalue weighted by Gasteiger charge is 2.47. The van der Waals surface area contributed by atoms with Crippen molar-refractivity contribution < 1.29 is 9.59 Å². The fraction of sp³-hybridized carbons (Fsp3) is 0.300. The first-order chi connectivity index (χ1) is 12.1. The highest BCUT2D eigenvalue weighted by molar-refractivity contribution is 6.31. The molecule has 25 heavy (non-hydrogen) atoms. The Balaban J connectivity index is 1.45. The fourth-order valence-electron chi connectivity index (χ4n) is 2.85.